The van der Waals surface area contributed by atoms with Gasteiger partial charge in [-0.2, -0.15) is 0 Å². The van der Waals surface area contributed by atoms with E-state index in [0.29, 0.717) is 0 Å². The maximum atomic E-state index is 10.6. The van der Waals surface area contributed by atoms with Crippen molar-refractivity contribution in [1.82, 2.24) is 0 Å². The van der Waals surface area contributed by atoms with Gasteiger partial charge in [-0.3, -0.25) is 10.1 Å². The lowest BCUT2D eigenvalue weighted by molar-refractivity contribution is -0.384. The number of nitrogens with two attached hydrogens (primary N) is 1. The molecule has 5 heteroatoms. The molecule has 0 heterocycles. The predicted molar refractivity (Wildman–Crippen MR) is 62.6 cm³/mol. The fraction of sp³-hybridized carbons (Fsp3) is 0.455. The number of nitro groups is 1. The molecule has 2 rings (SSSR count). The van der Waals surface area contributed by atoms with E-state index in [0.717, 1.165) is 5.56 Å². The lowest BCUT2D eigenvalue weighted by atomic mass is 10.0. The van der Waals surface area contributed by atoms with Gasteiger partial charge in [-0.25, -0.2) is 0 Å². The highest BCUT2D eigenvalue weighted by Crippen LogP contribution is 2.57. The normalized spacial score (nSPS) is 26.5. The molecule has 1 aliphatic rings. The van der Waals surface area contributed by atoms with Crippen molar-refractivity contribution in [3.8, 4) is 0 Å². The molecule has 0 amide bonds. The van der Waals surface area contributed by atoms with Gasteiger partial charge in [0.2, 0.25) is 0 Å². The second kappa shape index (κ2) is 3.43. The van der Waals surface area contributed by atoms with Crippen molar-refractivity contribution >= 4 is 17.3 Å². The maximum absolute atomic E-state index is 10.6. The second-order valence-electron chi connectivity index (χ2n) is 4.79. The van der Waals surface area contributed by atoms with Gasteiger partial charge >= 0.3 is 0 Å². The van der Waals surface area contributed by atoms with Crippen LogP contribution in [0.15, 0.2) is 18.2 Å². The molecule has 0 aromatic heterocycles. The first kappa shape index (κ1) is 11.4. The molecule has 0 saturated heterocycles. The summed E-state index contributed by atoms with van der Waals surface area (Å²) in [5.41, 5.74) is 6.92. The van der Waals surface area contributed by atoms with Crippen LogP contribution in [0.1, 0.15) is 25.3 Å². The fourth-order valence-corrected chi connectivity index (χ4v) is 2.44. The highest BCUT2D eigenvalue weighted by Gasteiger charge is 2.56. The summed E-state index contributed by atoms with van der Waals surface area (Å²) in [4.78, 5) is 10.1. The van der Waals surface area contributed by atoms with Gasteiger partial charge in [0.25, 0.3) is 5.69 Å². The molecule has 4 nitrogen and oxygen atoms in total. The van der Waals surface area contributed by atoms with Crippen LogP contribution in [-0.4, -0.2) is 11.0 Å². The van der Waals surface area contributed by atoms with Crippen molar-refractivity contribution in [2.45, 2.75) is 25.8 Å². The number of rotatable bonds is 2. The SMILES string of the molecule is CC1(C)[C@@H](N)[C@@H]1c1ccc([N+](=O)[O-])c(Cl)c1. The predicted octanol–water partition coefficient (Wildman–Crippen LogP) is 2.70. The van der Waals surface area contributed by atoms with Crippen LogP contribution in [-0.2, 0) is 0 Å². The maximum Gasteiger partial charge on any atom is 0.287 e. The van der Waals surface area contributed by atoms with Crippen molar-refractivity contribution < 1.29 is 4.92 Å². The minimum atomic E-state index is -0.482. The van der Waals surface area contributed by atoms with Crippen LogP contribution in [0.4, 0.5) is 5.69 Å². The van der Waals surface area contributed by atoms with E-state index in [1.807, 2.05) is 0 Å². The second-order valence-corrected chi connectivity index (χ2v) is 5.20. The minimum absolute atomic E-state index is 0.0550. The lowest BCUT2D eigenvalue weighted by Gasteiger charge is -2.03. The number of benzene rings is 1. The number of hydrogen-bond acceptors (Lipinski definition) is 3. The van der Waals surface area contributed by atoms with Crippen molar-refractivity contribution in [1.29, 1.82) is 0 Å². The summed E-state index contributed by atoms with van der Waals surface area (Å²) >= 11 is 5.85. The third-order valence-corrected chi connectivity index (χ3v) is 3.74. The van der Waals surface area contributed by atoms with Crippen molar-refractivity contribution in [2.24, 2.45) is 11.1 Å². The van der Waals surface area contributed by atoms with E-state index in [-0.39, 0.29) is 28.1 Å². The molecular formula is C11H13ClN2O2. The molecule has 0 spiro atoms. The Morgan fingerprint density at radius 1 is 1.50 bits per heavy atom. The Kier molecular flexibility index (Phi) is 2.44. The lowest BCUT2D eigenvalue weighted by Crippen LogP contribution is -2.06. The van der Waals surface area contributed by atoms with Gasteiger partial charge in [0.15, 0.2) is 0 Å². The number of hydrogen-bond donors (Lipinski definition) is 1. The van der Waals surface area contributed by atoms with E-state index in [1.165, 1.54) is 6.07 Å². The molecule has 2 N–H and O–H groups in total. The summed E-state index contributed by atoms with van der Waals surface area (Å²) in [6.45, 7) is 4.16. The third-order valence-electron chi connectivity index (χ3n) is 3.44. The zero-order valence-corrected chi connectivity index (χ0v) is 9.86. The Hall–Kier alpha value is -1.13. The highest BCUT2D eigenvalue weighted by molar-refractivity contribution is 6.32. The molecule has 2 atom stereocenters. The molecule has 0 radical (unpaired) electrons. The van der Waals surface area contributed by atoms with Gasteiger partial charge in [-0.05, 0) is 17.0 Å². The first-order chi connectivity index (χ1) is 7.35. The monoisotopic (exact) mass is 240 g/mol. The molecule has 1 aromatic rings. The molecule has 0 unspecified atom stereocenters. The average Bonchev–Trinajstić information content (AvgIpc) is 2.65. The van der Waals surface area contributed by atoms with Crippen LogP contribution in [0.25, 0.3) is 0 Å². The van der Waals surface area contributed by atoms with E-state index in [2.05, 4.69) is 13.8 Å². The first-order valence-electron chi connectivity index (χ1n) is 5.05. The molecule has 0 bridgehead atoms. The van der Waals surface area contributed by atoms with E-state index in [4.69, 9.17) is 17.3 Å². The average molecular weight is 241 g/mol. The zero-order chi connectivity index (χ0) is 12.1. The van der Waals surface area contributed by atoms with Crippen molar-refractivity contribution in [3.63, 3.8) is 0 Å². The topological polar surface area (TPSA) is 69.2 Å². The van der Waals surface area contributed by atoms with E-state index < -0.39 is 4.92 Å². The highest BCUT2D eigenvalue weighted by atomic mass is 35.5. The standard InChI is InChI=1S/C11H13ClN2O2/c1-11(2)9(10(11)13)6-3-4-8(14(15)16)7(12)5-6/h3-5,9-10H,13H2,1-2H3/t9-,10-/m0/s1. The number of halogens is 1. The zero-order valence-electron chi connectivity index (χ0n) is 9.11. The minimum Gasteiger partial charge on any atom is -0.327 e. The molecule has 86 valence electrons. The summed E-state index contributed by atoms with van der Waals surface area (Å²) in [5, 5.41) is 10.8. The van der Waals surface area contributed by atoms with E-state index >= 15 is 0 Å². The molecule has 16 heavy (non-hydrogen) atoms. The molecule has 0 aliphatic heterocycles. The van der Waals surface area contributed by atoms with Crippen LogP contribution in [0.5, 0.6) is 0 Å². The summed E-state index contributed by atoms with van der Waals surface area (Å²) in [6.07, 6.45) is 0. The number of nitro benzene ring substituents is 1. The number of nitrogens with zero attached hydrogens (tertiary/aromatic N) is 1. The summed E-state index contributed by atoms with van der Waals surface area (Å²) in [6, 6.07) is 4.94. The quantitative estimate of drug-likeness (QED) is 0.638. The molecule has 1 fully saturated rings. The Balaban J connectivity index is 2.33. The smallest absolute Gasteiger partial charge is 0.287 e. The molecule has 1 aliphatic carbocycles. The van der Waals surface area contributed by atoms with E-state index in [9.17, 15) is 10.1 Å². The molecule has 1 saturated carbocycles. The van der Waals surface area contributed by atoms with E-state index in [1.54, 1.807) is 12.1 Å². The Labute approximate surface area is 98.5 Å². The third kappa shape index (κ3) is 1.58. The van der Waals surface area contributed by atoms with Crippen LogP contribution >= 0.6 is 11.6 Å². The summed E-state index contributed by atoms with van der Waals surface area (Å²) in [5.74, 6) is 0.241. The van der Waals surface area contributed by atoms with Gasteiger partial charge in [0.05, 0.1) is 4.92 Å². The van der Waals surface area contributed by atoms with Crippen LogP contribution in [0.2, 0.25) is 5.02 Å². The fourth-order valence-electron chi connectivity index (χ4n) is 2.18. The Morgan fingerprint density at radius 2 is 2.06 bits per heavy atom. The summed E-state index contributed by atoms with van der Waals surface area (Å²) < 4.78 is 0. The Bertz CT molecular complexity index is 459. The van der Waals surface area contributed by atoms with Gasteiger partial charge in [0, 0.05) is 18.0 Å². The van der Waals surface area contributed by atoms with Gasteiger partial charge in [-0.1, -0.05) is 31.5 Å². The van der Waals surface area contributed by atoms with Gasteiger partial charge in [0.1, 0.15) is 5.02 Å². The van der Waals surface area contributed by atoms with Crippen LogP contribution < -0.4 is 5.73 Å². The Morgan fingerprint density at radius 3 is 2.44 bits per heavy atom. The van der Waals surface area contributed by atoms with Crippen LogP contribution in [0.3, 0.4) is 0 Å². The largest absolute Gasteiger partial charge is 0.327 e. The molecular weight excluding hydrogens is 228 g/mol. The molecule has 1 aromatic carbocycles. The van der Waals surface area contributed by atoms with Gasteiger partial charge in [-0.15, -0.1) is 0 Å². The summed E-state index contributed by atoms with van der Waals surface area (Å²) in [7, 11) is 0. The van der Waals surface area contributed by atoms with Crippen molar-refractivity contribution in [2.75, 3.05) is 0 Å². The first-order valence-corrected chi connectivity index (χ1v) is 5.43. The van der Waals surface area contributed by atoms with Crippen molar-refractivity contribution in [3.05, 3.63) is 38.9 Å². The van der Waals surface area contributed by atoms with Gasteiger partial charge < -0.3 is 5.73 Å². The van der Waals surface area contributed by atoms with Crippen LogP contribution in [0, 0.1) is 15.5 Å².